The average Bonchev–Trinajstić information content (AvgIpc) is 2.42. The van der Waals surface area contributed by atoms with Crippen LogP contribution >= 0.6 is 0 Å². The van der Waals surface area contributed by atoms with E-state index in [4.69, 9.17) is 15.2 Å². The molecule has 0 bridgehead atoms. The number of rotatable bonds is 5. The molecule has 0 spiro atoms. The monoisotopic (exact) mass is 310 g/mol. The van der Waals surface area contributed by atoms with Crippen molar-refractivity contribution in [3.05, 3.63) is 23.8 Å². The molecule has 22 heavy (non-hydrogen) atoms. The Morgan fingerprint density at radius 2 is 1.95 bits per heavy atom. The van der Waals surface area contributed by atoms with Gasteiger partial charge in [-0.3, -0.25) is 0 Å². The Morgan fingerprint density at radius 1 is 1.27 bits per heavy atom. The highest BCUT2D eigenvalue weighted by atomic mass is 16.6. The van der Waals surface area contributed by atoms with Gasteiger partial charge in [0.05, 0.1) is 19.2 Å². The minimum absolute atomic E-state index is 0.226. The number of ether oxygens (including phenoxy) is 3. The van der Waals surface area contributed by atoms with Gasteiger partial charge < -0.3 is 25.3 Å². The van der Waals surface area contributed by atoms with Crippen molar-refractivity contribution in [1.29, 1.82) is 0 Å². The van der Waals surface area contributed by atoms with E-state index in [1.54, 1.807) is 32.9 Å². The van der Waals surface area contributed by atoms with Gasteiger partial charge in [0.2, 0.25) is 0 Å². The molecule has 0 radical (unpaired) electrons. The second kappa shape index (κ2) is 7.53. The van der Waals surface area contributed by atoms with Crippen molar-refractivity contribution >= 4 is 17.7 Å². The summed E-state index contributed by atoms with van der Waals surface area (Å²) in [7, 11) is 1.28. The lowest BCUT2D eigenvalue weighted by Crippen LogP contribution is -2.34. The number of benzene rings is 1. The molecule has 0 aliphatic carbocycles. The Balaban J connectivity index is 2.46. The van der Waals surface area contributed by atoms with E-state index in [0.717, 1.165) is 0 Å². The number of amides is 1. The van der Waals surface area contributed by atoms with Gasteiger partial charge in [-0.25, -0.2) is 9.59 Å². The summed E-state index contributed by atoms with van der Waals surface area (Å²) in [6, 6.07) is 4.69. The summed E-state index contributed by atoms with van der Waals surface area (Å²) in [4.78, 5) is 22.9. The maximum Gasteiger partial charge on any atom is 0.407 e. The lowest BCUT2D eigenvalue weighted by molar-refractivity contribution is 0.0519. The normalized spacial score (nSPS) is 10.7. The van der Waals surface area contributed by atoms with Crippen LogP contribution in [-0.2, 0) is 9.47 Å². The minimum Gasteiger partial charge on any atom is -0.492 e. The molecule has 1 amide bonds. The molecule has 0 saturated heterocycles. The van der Waals surface area contributed by atoms with Crippen molar-refractivity contribution in [2.45, 2.75) is 26.4 Å². The smallest absolute Gasteiger partial charge is 0.407 e. The molecule has 0 heterocycles. The molecule has 7 nitrogen and oxygen atoms in total. The summed E-state index contributed by atoms with van der Waals surface area (Å²) in [5.41, 5.74) is 5.69. The fourth-order valence-corrected chi connectivity index (χ4v) is 1.55. The fourth-order valence-electron chi connectivity index (χ4n) is 1.55. The largest absolute Gasteiger partial charge is 0.492 e. The van der Waals surface area contributed by atoms with Crippen LogP contribution in [-0.4, -0.2) is 37.9 Å². The molecule has 0 atom stereocenters. The molecule has 1 aromatic rings. The second-order valence-corrected chi connectivity index (χ2v) is 5.52. The Labute approximate surface area is 129 Å². The predicted molar refractivity (Wildman–Crippen MR) is 81.9 cm³/mol. The number of hydrogen-bond donors (Lipinski definition) is 2. The highest BCUT2D eigenvalue weighted by Gasteiger charge is 2.15. The zero-order chi connectivity index (χ0) is 16.8. The molecule has 1 rings (SSSR count). The summed E-state index contributed by atoms with van der Waals surface area (Å²) in [5, 5.41) is 2.57. The molecule has 7 heteroatoms. The first-order valence-electron chi connectivity index (χ1n) is 6.80. The SMILES string of the molecule is COC(=O)c1cc(OCCNC(=O)OC(C)(C)C)ccc1N. The van der Waals surface area contributed by atoms with Crippen molar-refractivity contribution in [3.63, 3.8) is 0 Å². The van der Waals surface area contributed by atoms with Crippen LogP contribution in [0.5, 0.6) is 5.75 Å². The van der Waals surface area contributed by atoms with Gasteiger partial charge in [0.15, 0.2) is 0 Å². The number of esters is 1. The number of carbonyl (C=O) groups excluding carboxylic acids is 2. The van der Waals surface area contributed by atoms with Crippen molar-refractivity contribution in [1.82, 2.24) is 5.32 Å². The first-order valence-corrected chi connectivity index (χ1v) is 6.80. The number of methoxy groups -OCH3 is 1. The summed E-state index contributed by atoms with van der Waals surface area (Å²) >= 11 is 0. The standard InChI is InChI=1S/C15H22N2O5/c1-15(2,3)22-14(19)17-7-8-21-10-5-6-12(16)11(9-10)13(18)20-4/h5-6,9H,7-8,16H2,1-4H3,(H,17,19). The molecular formula is C15H22N2O5. The number of nitrogens with two attached hydrogens (primary N) is 1. The predicted octanol–water partition coefficient (Wildman–Crippen LogP) is 1.96. The van der Waals surface area contributed by atoms with Crippen LogP contribution in [0.2, 0.25) is 0 Å². The van der Waals surface area contributed by atoms with E-state index in [1.807, 2.05) is 0 Å². The van der Waals surface area contributed by atoms with E-state index in [1.165, 1.54) is 13.2 Å². The molecule has 0 fully saturated rings. The number of hydrogen-bond acceptors (Lipinski definition) is 6. The first kappa shape index (κ1) is 17.6. The van der Waals surface area contributed by atoms with Gasteiger partial charge in [0.25, 0.3) is 0 Å². The summed E-state index contributed by atoms with van der Waals surface area (Å²) < 4.78 is 15.2. The van der Waals surface area contributed by atoms with Crippen LogP contribution in [0.4, 0.5) is 10.5 Å². The molecule has 1 aromatic carbocycles. The van der Waals surface area contributed by atoms with Gasteiger partial charge in [-0.2, -0.15) is 0 Å². The van der Waals surface area contributed by atoms with Crippen LogP contribution in [0.15, 0.2) is 18.2 Å². The number of alkyl carbamates (subject to hydrolysis) is 1. The van der Waals surface area contributed by atoms with Crippen molar-refractivity contribution < 1.29 is 23.8 Å². The van der Waals surface area contributed by atoms with E-state index in [2.05, 4.69) is 10.1 Å². The van der Waals surface area contributed by atoms with Crippen molar-refractivity contribution in [2.75, 3.05) is 26.0 Å². The van der Waals surface area contributed by atoms with E-state index < -0.39 is 17.7 Å². The van der Waals surface area contributed by atoms with Gasteiger partial charge in [-0.05, 0) is 39.0 Å². The average molecular weight is 310 g/mol. The van der Waals surface area contributed by atoms with Crippen LogP contribution in [0, 0.1) is 0 Å². The van der Waals surface area contributed by atoms with Crippen LogP contribution < -0.4 is 15.8 Å². The van der Waals surface area contributed by atoms with Crippen LogP contribution in [0.3, 0.4) is 0 Å². The number of anilines is 1. The molecule has 0 aliphatic rings. The highest BCUT2D eigenvalue weighted by molar-refractivity contribution is 5.95. The quantitative estimate of drug-likeness (QED) is 0.490. The van der Waals surface area contributed by atoms with Crippen molar-refractivity contribution in [3.8, 4) is 5.75 Å². The number of carbonyl (C=O) groups is 2. The molecule has 0 aromatic heterocycles. The lowest BCUT2D eigenvalue weighted by Gasteiger charge is -2.19. The van der Waals surface area contributed by atoms with E-state index in [0.29, 0.717) is 11.4 Å². The Kier molecular flexibility index (Phi) is 6.03. The zero-order valence-corrected chi connectivity index (χ0v) is 13.3. The Hall–Kier alpha value is -2.44. The van der Waals surface area contributed by atoms with Gasteiger partial charge in [0, 0.05) is 5.69 Å². The van der Waals surface area contributed by atoms with Gasteiger partial charge >= 0.3 is 12.1 Å². The summed E-state index contributed by atoms with van der Waals surface area (Å²) in [6.07, 6.45) is -0.511. The summed E-state index contributed by atoms with van der Waals surface area (Å²) in [5.74, 6) is -0.0737. The molecule has 3 N–H and O–H groups in total. The van der Waals surface area contributed by atoms with E-state index >= 15 is 0 Å². The zero-order valence-electron chi connectivity index (χ0n) is 13.3. The van der Waals surface area contributed by atoms with E-state index in [-0.39, 0.29) is 18.7 Å². The number of nitrogen functional groups attached to an aromatic ring is 1. The number of nitrogens with one attached hydrogen (secondary N) is 1. The van der Waals surface area contributed by atoms with Gasteiger partial charge in [0.1, 0.15) is 18.0 Å². The highest BCUT2D eigenvalue weighted by Crippen LogP contribution is 2.20. The molecule has 122 valence electrons. The minimum atomic E-state index is -0.544. The Bertz CT molecular complexity index is 537. The topological polar surface area (TPSA) is 99.9 Å². The maximum atomic E-state index is 11.5. The second-order valence-electron chi connectivity index (χ2n) is 5.52. The molecule has 0 aliphatic heterocycles. The van der Waals surface area contributed by atoms with Gasteiger partial charge in [-0.1, -0.05) is 0 Å². The van der Waals surface area contributed by atoms with Crippen molar-refractivity contribution in [2.24, 2.45) is 0 Å². The maximum absolute atomic E-state index is 11.5. The molecule has 0 saturated carbocycles. The molecule has 0 unspecified atom stereocenters. The van der Waals surface area contributed by atoms with Gasteiger partial charge in [-0.15, -0.1) is 0 Å². The third-order valence-corrected chi connectivity index (χ3v) is 2.47. The third-order valence-electron chi connectivity index (χ3n) is 2.47. The fraction of sp³-hybridized carbons (Fsp3) is 0.467. The first-order chi connectivity index (χ1) is 10.2. The third kappa shape index (κ3) is 5.90. The van der Waals surface area contributed by atoms with Crippen LogP contribution in [0.1, 0.15) is 31.1 Å². The summed E-state index contributed by atoms with van der Waals surface area (Å²) in [6.45, 7) is 5.85. The van der Waals surface area contributed by atoms with E-state index in [9.17, 15) is 9.59 Å². The lowest BCUT2D eigenvalue weighted by atomic mass is 10.2. The Morgan fingerprint density at radius 3 is 2.55 bits per heavy atom. The molecular weight excluding hydrogens is 288 g/mol. The van der Waals surface area contributed by atoms with Crippen LogP contribution in [0.25, 0.3) is 0 Å².